The second-order valence-corrected chi connectivity index (χ2v) is 13.5. The molecule has 0 saturated carbocycles. The topological polar surface area (TPSA) is 125 Å². The van der Waals surface area contributed by atoms with Gasteiger partial charge in [-0.15, -0.1) is 13.2 Å². The van der Waals surface area contributed by atoms with E-state index in [4.69, 9.17) is 9.47 Å². The number of nitrogens with one attached hydrogen (secondary N) is 1. The van der Waals surface area contributed by atoms with Crippen LogP contribution in [0.2, 0.25) is 0 Å². The quantitative estimate of drug-likeness (QED) is 0.130. The molecule has 10 heteroatoms. The molecule has 3 amide bonds. The molecule has 1 aromatic rings. The first-order chi connectivity index (χ1) is 22.6. The summed E-state index contributed by atoms with van der Waals surface area (Å²) in [6.45, 7) is 14.1. The van der Waals surface area contributed by atoms with E-state index >= 15 is 0 Å². The van der Waals surface area contributed by atoms with Crippen molar-refractivity contribution in [1.29, 1.82) is 0 Å². The normalized spacial score (nSPS) is 25.7. The zero-order chi connectivity index (χ0) is 34.1. The van der Waals surface area contributed by atoms with E-state index < -0.39 is 47.6 Å². The molecular formula is C37H53N3O7. The van der Waals surface area contributed by atoms with Crippen molar-refractivity contribution in [2.75, 3.05) is 26.3 Å². The summed E-state index contributed by atoms with van der Waals surface area (Å²) in [5.41, 5.74) is -0.428. The maximum atomic E-state index is 14.6. The number of unbranched alkanes of at least 4 members (excludes halogenated alkanes) is 2. The Morgan fingerprint density at radius 1 is 1.19 bits per heavy atom. The number of carbonyl (C=O) groups excluding carboxylic acids is 4. The first-order valence-electron chi connectivity index (χ1n) is 17.3. The average Bonchev–Trinajstić information content (AvgIpc) is 3.71. The van der Waals surface area contributed by atoms with Crippen molar-refractivity contribution in [3.05, 3.63) is 61.2 Å². The van der Waals surface area contributed by atoms with Gasteiger partial charge < -0.3 is 29.7 Å². The summed E-state index contributed by atoms with van der Waals surface area (Å²) >= 11 is 0. The number of likely N-dealkylation sites (tertiary alicyclic amines) is 1. The number of hydrogen-bond donors (Lipinski definition) is 2. The molecule has 2 bridgehead atoms. The van der Waals surface area contributed by atoms with E-state index in [1.54, 1.807) is 22.0 Å². The van der Waals surface area contributed by atoms with Crippen LogP contribution in [0.4, 0.5) is 0 Å². The maximum Gasteiger partial charge on any atom is 0.306 e. The van der Waals surface area contributed by atoms with Gasteiger partial charge in [0.15, 0.2) is 0 Å². The molecule has 3 fully saturated rings. The van der Waals surface area contributed by atoms with E-state index in [-0.39, 0.29) is 43.3 Å². The number of hydrogen-bond acceptors (Lipinski definition) is 7. The van der Waals surface area contributed by atoms with Crippen molar-refractivity contribution < 1.29 is 33.8 Å². The van der Waals surface area contributed by atoms with Crippen LogP contribution in [0.25, 0.3) is 0 Å². The van der Waals surface area contributed by atoms with Crippen LogP contribution in [0.3, 0.4) is 0 Å². The third kappa shape index (κ3) is 7.81. The van der Waals surface area contributed by atoms with E-state index in [1.165, 1.54) is 0 Å². The fraction of sp³-hybridized carbons (Fsp3) is 0.622. The fourth-order valence-electron chi connectivity index (χ4n) is 7.70. The number of nitrogens with zero attached hydrogens (tertiary/aromatic N) is 2. The van der Waals surface area contributed by atoms with Crippen molar-refractivity contribution in [3.8, 4) is 0 Å². The Balaban J connectivity index is 1.67. The zero-order valence-electron chi connectivity index (χ0n) is 28.3. The standard InChI is InChI=1S/C37H53N3O7/c1-6-9-14-21-39(20-8-3)36(45)33-37-19-18-29(47-37)31(32(37)35(44)40(33)27(23-41)22-25(4)5)34(43)38-28(26-15-12-11-13-16-26)24-46-30(42)17-10-7-2/h7-8,11-13,15-16,25,27-29,31-33,41H,2-3,6,9-10,14,17-24H2,1,4-5H3,(H,38,43)/t27-,28+,29-,31+,32+,33-,37+/m1/s1. The van der Waals surface area contributed by atoms with Crippen LogP contribution in [0.1, 0.15) is 83.7 Å². The number of fused-ring (bicyclic) bond motifs is 1. The molecule has 47 heavy (non-hydrogen) atoms. The number of aliphatic hydroxyl groups is 1. The van der Waals surface area contributed by atoms with Gasteiger partial charge in [0.25, 0.3) is 0 Å². The minimum Gasteiger partial charge on any atom is -0.463 e. The van der Waals surface area contributed by atoms with E-state index in [1.807, 2.05) is 44.2 Å². The summed E-state index contributed by atoms with van der Waals surface area (Å²) in [4.78, 5) is 59.0. The number of carbonyl (C=O) groups is 4. The summed E-state index contributed by atoms with van der Waals surface area (Å²) in [5, 5.41) is 13.6. The Hall–Kier alpha value is -3.50. The largest absolute Gasteiger partial charge is 0.463 e. The van der Waals surface area contributed by atoms with Gasteiger partial charge in [0.2, 0.25) is 17.7 Å². The predicted octanol–water partition coefficient (Wildman–Crippen LogP) is 4.34. The number of aliphatic hydroxyl groups excluding tert-OH is 1. The van der Waals surface area contributed by atoms with Crippen molar-refractivity contribution in [1.82, 2.24) is 15.1 Å². The van der Waals surface area contributed by atoms with Crippen LogP contribution >= 0.6 is 0 Å². The van der Waals surface area contributed by atoms with E-state index in [0.29, 0.717) is 38.8 Å². The first-order valence-corrected chi connectivity index (χ1v) is 17.3. The van der Waals surface area contributed by atoms with Gasteiger partial charge in [-0.25, -0.2) is 0 Å². The van der Waals surface area contributed by atoms with Gasteiger partial charge in [-0.3, -0.25) is 19.2 Å². The molecule has 10 nitrogen and oxygen atoms in total. The molecule has 3 heterocycles. The molecule has 0 radical (unpaired) electrons. The summed E-state index contributed by atoms with van der Waals surface area (Å²) in [7, 11) is 0. The maximum absolute atomic E-state index is 14.6. The Kier molecular flexibility index (Phi) is 12.8. The fourth-order valence-corrected chi connectivity index (χ4v) is 7.70. The third-order valence-corrected chi connectivity index (χ3v) is 9.80. The summed E-state index contributed by atoms with van der Waals surface area (Å²) in [6, 6.07) is 7.04. The van der Waals surface area contributed by atoms with E-state index in [2.05, 4.69) is 25.4 Å². The van der Waals surface area contributed by atoms with E-state index in [9.17, 15) is 24.3 Å². The minimum absolute atomic E-state index is 0.0732. The van der Waals surface area contributed by atoms with Gasteiger partial charge in [0, 0.05) is 19.5 Å². The van der Waals surface area contributed by atoms with E-state index in [0.717, 1.165) is 24.8 Å². The molecule has 1 aromatic carbocycles. The lowest BCUT2D eigenvalue weighted by molar-refractivity contribution is -0.151. The Morgan fingerprint density at radius 3 is 2.57 bits per heavy atom. The highest BCUT2D eigenvalue weighted by Crippen LogP contribution is 2.59. The minimum atomic E-state index is -1.19. The molecular weight excluding hydrogens is 598 g/mol. The molecule has 1 spiro atoms. The van der Waals surface area contributed by atoms with Crippen LogP contribution < -0.4 is 5.32 Å². The molecule has 3 saturated heterocycles. The van der Waals surface area contributed by atoms with Gasteiger partial charge >= 0.3 is 5.97 Å². The lowest BCUT2D eigenvalue weighted by atomic mass is 9.70. The molecule has 0 aromatic heterocycles. The Labute approximate surface area is 279 Å². The molecule has 7 atom stereocenters. The highest BCUT2D eigenvalue weighted by atomic mass is 16.5. The number of esters is 1. The molecule has 0 unspecified atom stereocenters. The second-order valence-electron chi connectivity index (χ2n) is 13.5. The zero-order valence-corrected chi connectivity index (χ0v) is 28.3. The SMILES string of the molecule is C=CCCC(=O)OC[C@H](NC(=O)[C@@H]1[C@H]2C(=O)N([C@@H](CO)CC(C)C)[C@H](C(=O)N(CC=C)CCCCC)[C@]23CC[C@H]1O3)c1ccccc1. The van der Waals surface area contributed by atoms with Gasteiger partial charge in [-0.2, -0.15) is 0 Å². The van der Waals surface area contributed by atoms with Gasteiger partial charge in [-0.1, -0.05) is 76.1 Å². The van der Waals surface area contributed by atoms with Crippen LogP contribution in [0.5, 0.6) is 0 Å². The molecule has 3 aliphatic rings. The number of benzene rings is 1. The van der Waals surface area contributed by atoms with Gasteiger partial charge in [0.1, 0.15) is 18.2 Å². The molecule has 258 valence electrons. The molecule has 2 N–H and O–H groups in total. The van der Waals surface area contributed by atoms with Gasteiger partial charge in [0.05, 0.1) is 36.6 Å². The Morgan fingerprint density at radius 2 is 1.94 bits per heavy atom. The van der Waals surface area contributed by atoms with Crippen LogP contribution in [-0.4, -0.2) is 88.7 Å². The van der Waals surface area contributed by atoms with Crippen LogP contribution in [0, 0.1) is 17.8 Å². The molecule has 3 aliphatic heterocycles. The van der Waals surface area contributed by atoms with Crippen LogP contribution in [-0.2, 0) is 28.7 Å². The molecule has 4 rings (SSSR count). The number of ether oxygens (including phenoxy) is 2. The molecule has 0 aliphatic carbocycles. The first kappa shape index (κ1) is 36.3. The monoisotopic (exact) mass is 651 g/mol. The predicted molar refractivity (Wildman–Crippen MR) is 179 cm³/mol. The summed E-state index contributed by atoms with van der Waals surface area (Å²) in [5.74, 6) is -2.91. The number of allylic oxidation sites excluding steroid dienone is 1. The number of rotatable bonds is 19. The highest BCUT2D eigenvalue weighted by Gasteiger charge is 2.75. The summed E-state index contributed by atoms with van der Waals surface area (Å²) < 4.78 is 12.2. The lowest BCUT2D eigenvalue weighted by Crippen LogP contribution is -2.59. The lowest BCUT2D eigenvalue weighted by Gasteiger charge is -2.39. The van der Waals surface area contributed by atoms with Crippen molar-refractivity contribution >= 4 is 23.7 Å². The second kappa shape index (κ2) is 16.6. The van der Waals surface area contributed by atoms with Crippen molar-refractivity contribution in [2.24, 2.45) is 17.8 Å². The van der Waals surface area contributed by atoms with Crippen molar-refractivity contribution in [2.45, 2.75) is 102 Å². The summed E-state index contributed by atoms with van der Waals surface area (Å²) in [6.07, 6.45) is 7.72. The average molecular weight is 652 g/mol. The van der Waals surface area contributed by atoms with Gasteiger partial charge in [-0.05, 0) is 43.6 Å². The smallest absolute Gasteiger partial charge is 0.306 e. The number of amides is 3. The third-order valence-electron chi connectivity index (χ3n) is 9.80. The Bertz CT molecular complexity index is 1270. The van der Waals surface area contributed by atoms with Crippen molar-refractivity contribution in [3.63, 3.8) is 0 Å². The highest BCUT2D eigenvalue weighted by molar-refractivity contribution is 5.99. The van der Waals surface area contributed by atoms with Crippen LogP contribution in [0.15, 0.2) is 55.6 Å².